The third kappa shape index (κ3) is 2.91. The van der Waals surface area contributed by atoms with Crippen LogP contribution in [0.4, 0.5) is 10.8 Å². The van der Waals surface area contributed by atoms with Gasteiger partial charge in [0.05, 0.1) is 5.69 Å². The van der Waals surface area contributed by atoms with Crippen LogP contribution in [0.1, 0.15) is 5.69 Å². The zero-order valence-corrected chi connectivity index (χ0v) is 12.4. The van der Waals surface area contributed by atoms with Crippen LogP contribution in [0.2, 0.25) is 0 Å². The largest absolute Gasteiger partial charge is 0.368 e. The topological polar surface area (TPSA) is 44.3 Å². The Hall–Kier alpha value is -1.66. The summed E-state index contributed by atoms with van der Waals surface area (Å²) in [5, 5.41) is 6.31. The minimum Gasteiger partial charge on any atom is -0.368 e. The fraction of sp³-hybridized carbons (Fsp3) is 0.429. The van der Waals surface area contributed by atoms with Gasteiger partial charge in [0.2, 0.25) is 0 Å². The Balaban J connectivity index is 1.64. The van der Waals surface area contributed by atoms with Crippen LogP contribution in [0.5, 0.6) is 0 Å². The molecule has 1 N–H and O–H groups in total. The molecule has 1 aliphatic heterocycles. The first-order valence-electron chi connectivity index (χ1n) is 6.86. The van der Waals surface area contributed by atoms with Crippen molar-refractivity contribution < 1.29 is 0 Å². The van der Waals surface area contributed by atoms with E-state index < -0.39 is 0 Å². The van der Waals surface area contributed by atoms with Gasteiger partial charge in [-0.25, -0.2) is 4.98 Å². The Morgan fingerprint density at radius 3 is 2.65 bits per heavy atom. The maximum atomic E-state index is 4.38. The zero-order chi connectivity index (χ0) is 13.8. The van der Waals surface area contributed by atoms with Gasteiger partial charge in [-0.05, 0) is 19.2 Å². The fourth-order valence-corrected chi connectivity index (χ4v) is 3.16. The highest BCUT2D eigenvalue weighted by atomic mass is 32.1. The van der Waals surface area contributed by atoms with Gasteiger partial charge in [-0.1, -0.05) is 0 Å². The minimum atomic E-state index is 0.812. The van der Waals surface area contributed by atoms with Crippen molar-refractivity contribution in [2.45, 2.75) is 6.54 Å². The van der Waals surface area contributed by atoms with Gasteiger partial charge in [-0.3, -0.25) is 4.98 Å². The predicted octanol–water partition coefficient (Wildman–Crippen LogP) is 1.58. The van der Waals surface area contributed by atoms with E-state index in [0.717, 1.165) is 43.5 Å². The molecular formula is C14H19N5S. The second-order valence-electron chi connectivity index (χ2n) is 4.82. The summed E-state index contributed by atoms with van der Waals surface area (Å²) in [5.74, 6) is 0. The van der Waals surface area contributed by atoms with Crippen LogP contribution in [-0.4, -0.2) is 43.2 Å². The van der Waals surface area contributed by atoms with Crippen LogP contribution in [0.15, 0.2) is 29.9 Å². The molecule has 0 radical (unpaired) electrons. The lowest BCUT2D eigenvalue weighted by Gasteiger charge is -2.36. The van der Waals surface area contributed by atoms with E-state index in [1.165, 1.54) is 5.69 Å². The molecule has 106 valence electrons. The molecule has 0 atom stereocenters. The van der Waals surface area contributed by atoms with Gasteiger partial charge in [0.1, 0.15) is 0 Å². The molecule has 0 amide bonds. The van der Waals surface area contributed by atoms with E-state index in [4.69, 9.17) is 0 Å². The van der Waals surface area contributed by atoms with E-state index in [2.05, 4.69) is 37.2 Å². The second-order valence-corrected chi connectivity index (χ2v) is 5.70. The van der Waals surface area contributed by atoms with Gasteiger partial charge in [0, 0.05) is 56.2 Å². The van der Waals surface area contributed by atoms with Crippen molar-refractivity contribution in [3.63, 3.8) is 0 Å². The van der Waals surface area contributed by atoms with Gasteiger partial charge in [-0.2, -0.15) is 0 Å². The van der Waals surface area contributed by atoms with Crippen molar-refractivity contribution >= 4 is 22.2 Å². The summed E-state index contributed by atoms with van der Waals surface area (Å²) >= 11 is 1.71. The van der Waals surface area contributed by atoms with E-state index in [-0.39, 0.29) is 0 Å². The van der Waals surface area contributed by atoms with Crippen molar-refractivity contribution in [3.8, 4) is 0 Å². The number of aromatic nitrogens is 2. The minimum absolute atomic E-state index is 0.812. The molecule has 0 bridgehead atoms. The van der Waals surface area contributed by atoms with Gasteiger partial charge in [-0.15, -0.1) is 11.3 Å². The lowest BCUT2D eigenvalue weighted by Crippen LogP contribution is -2.46. The van der Waals surface area contributed by atoms with Crippen molar-refractivity contribution in [1.29, 1.82) is 0 Å². The average Bonchev–Trinajstić information content (AvgIpc) is 3.02. The second kappa shape index (κ2) is 6.19. The number of rotatable bonds is 4. The third-order valence-corrected chi connectivity index (χ3v) is 4.32. The van der Waals surface area contributed by atoms with E-state index in [1.807, 2.05) is 24.8 Å². The van der Waals surface area contributed by atoms with Crippen molar-refractivity contribution in [2.24, 2.45) is 0 Å². The average molecular weight is 289 g/mol. The first-order chi connectivity index (χ1) is 9.86. The number of piperazine rings is 1. The molecule has 0 saturated carbocycles. The standard InChI is InChI=1S/C14H19N5S/c1-15-11-12-10-13(2-3-16-12)18-5-7-19(8-6-18)14-17-4-9-20-14/h2-4,9-10,15H,5-8,11H2,1H3. The highest BCUT2D eigenvalue weighted by Crippen LogP contribution is 2.22. The quantitative estimate of drug-likeness (QED) is 0.926. The number of anilines is 2. The normalized spacial score (nSPS) is 15.7. The summed E-state index contributed by atoms with van der Waals surface area (Å²) in [7, 11) is 1.95. The lowest BCUT2D eigenvalue weighted by atomic mass is 10.2. The van der Waals surface area contributed by atoms with Crippen LogP contribution in [-0.2, 0) is 6.54 Å². The Morgan fingerprint density at radius 2 is 1.95 bits per heavy atom. The zero-order valence-electron chi connectivity index (χ0n) is 11.6. The number of hydrogen-bond donors (Lipinski definition) is 1. The van der Waals surface area contributed by atoms with Crippen LogP contribution < -0.4 is 15.1 Å². The third-order valence-electron chi connectivity index (χ3n) is 3.49. The monoisotopic (exact) mass is 289 g/mol. The van der Waals surface area contributed by atoms with E-state index in [9.17, 15) is 0 Å². The molecule has 0 aromatic carbocycles. The molecular weight excluding hydrogens is 270 g/mol. The van der Waals surface area contributed by atoms with E-state index in [1.54, 1.807) is 11.3 Å². The van der Waals surface area contributed by atoms with Crippen LogP contribution in [0.3, 0.4) is 0 Å². The van der Waals surface area contributed by atoms with E-state index >= 15 is 0 Å². The number of pyridine rings is 1. The highest BCUT2D eigenvalue weighted by Gasteiger charge is 2.19. The molecule has 3 rings (SSSR count). The van der Waals surface area contributed by atoms with Crippen LogP contribution in [0.25, 0.3) is 0 Å². The molecule has 0 unspecified atom stereocenters. The van der Waals surface area contributed by atoms with Crippen molar-refractivity contribution in [1.82, 2.24) is 15.3 Å². The molecule has 6 heteroatoms. The van der Waals surface area contributed by atoms with Crippen molar-refractivity contribution in [3.05, 3.63) is 35.6 Å². The summed E-state index contributed by atoms with van der Waals surface area (Å²) in [5.41, 5.74) is 2.36. The molecule has 20 heavy (non-hydrogen) atoms. The number of nitrogens with zero attached hydrogens (tertiary/aromatic N) is 4. The van der Waals surface area contributed by atoms with Crippen LogP contribution in [0, 0.1) is 0 Å². The number of thiazole rings is 1. The highest BCUT2D eigenvalue weighted by molar-refractivity contribution is 7.13. The number of nitrogens with one attached hydrogen (secondary N) is 1. The Labute approximate surface area is 123 Å². The van der Waals surface area contributed by atoms with Crippen molar-refractivity contribution in [2.75, 3.05) is 43.0 Å². The molecule has 0 spiro atoms. The van der Waals surface area contributed by atoms with E-state index in [0.29, 0.717) is 0 Å². The summed E-state index contributed by atoms with van der Waals surface area (Å²) in [6.45, 7) is 4.92. The first-order valence-corrected chi connectivity index (χ1v) is 7.74. The molecule has 3 heterocycles. The summed E-state index contributed by atoms with van der Waals surface area (Å²) < 4.78 is 0. The molecule has 1 saturated heterocycles. The maximum absolute atomic E-state index is 4.38. The Morgan fingerprint density at radius 1 is 1.15 bits per heavy atom. The maximum Gasteiger partial charge on any atom is 0.185 e. The molecule has 0 aliphatic carbocycles. The predicted molar refractivity (Wildman–Crippen MR) is 83.5 cm³/mol. The molecule has 1 aliphatic rings. The molecule has 5 nitrogen and oxygen atoms in total. The first kappa shape index (κ1) is 13.3. The smallest absolute Gasteiger partial charge is 0.185 e. The van der Waals surface area contributed by atoms with Gasteiger partial charge in [0.15, 0.2) is 5.13 Å². The van der Waals surface area contributed by atoms with Crippen LogP contribution >= 0.6 is 11.3 Å². The fourth-order valence-electron chi connectivity index (χ4n) is 2.47. The van der Waals surface area contributed by atoms with Gasteiger partial charge >= 0.3 is 0 Å². The number of hydrogen-bond acceptors (Lipinski definition) is 6. The summed E-state index contributed by atoms with van der Waals surface area (Å²) in [6, 6.07) is 4.27. The molecule has 2 aromatic heterocycles. The molecule has 2 aromatic rings. The van der Waals surface area contributed by atoms with Gasteiger partial charge < -0.3 is 15.1 Å². The lowest BCUT2D eigenvalue weighted by molar-refractivity contribution is 0.651. The summed E-state index contributed by atoms with van der Waals surface area (Å²) in [6.07, 6.45) is 3.77. The Kier molecular flexibility index (Phi) is 4.13. The Bertz CT molecular complexity index is 534. The SMILES string of the molecule is CNCc1cc(N2CCN(c3nccs3)CC2)ccn1. The molecule has 1 fully saturated rings. The summed E-state index contributed by atoms with van der Waals surface area (Å²) in [4.78, 5) is 13.5. The van der Waals surface area contributed by atoms with Gasteiger partial charge in [0.25, 0.3) is 0 Å².